The van der Waals surface area contributed by atoms with Crippen LogP contribution in [0.25, 0.3) is 0 Å². The molecule has 1 unspecified atom stereocenters. The fourth-order valence-electron chi connectivity index (χ4n) is 1.86. The second kappa shape index (κ2) is 3.01. The first kappa shape index (κ1) is 9.06. The fraction of sp³-hybridized carbons (Fsp3) is 0.364. The Balaban J connectivity index is 2.36. The van der Waals surface area contributed by atoms with Gasteiger partial charge in [0.1, 0.15) is 6.04 Å². The summed E-state index contributed by atoms with van der Waals surface area (Å²) in [7, 11) is 0. The van der Waals surface area contributed by atoms with Crippen LogP contribution in [0, 0.1) is 5.92 Å². The van der Waals surface area contributed by atoms with Crippen LogP contribution >= 0.6 is 0 Å². The van der Waals surface area contributed by atoms with Gasteiger partial charge in [0.15, 0.2) is 5.96 Å². The van der Waals surface area contributed by atoms with E-state index in [1.165, 1.54) is 5.57 Å². The Morgan fingerprint density at radius 1 is 1.50 bits per heavy atom. The van der Waals surface area contributed by atoms with Gasteiger partial charge in [-0.1, -0.05) is 32.6 Å². The maximum atomic E-state index is 5.67. The minimum absolute atomic E-state index is 0.101. The quantitative estimate of drug-likeness (QED) is 0.653. The predicted octanol–water partition coefficient (Wildman–Crippen LogP) is 1.31. The summed E-state index contributed by atoms with van der Waals surface area (Å²) in [6.07, 6.45) is 4.20. The van der Waals surface area contributed by atoms with E-state index in [9.17, 15) is 0 Å². The summed E-state index contributed by atoms with van der Waals surface area (Å²) in [4.78, 5) is 4.38. The van der Waals surface area contributed by atoms with Crippen molar-refractivity contribution in [1.82, 2.24) is 5.32 Å². The number of hydrogen-bond donors (Lipinski definition) is 2. The van der Waals surface area contributed by atoms with Crippen LogP contribution in [0.1, 0.15) is 13.8 Å². The van der Waals surface area contributed by atoms with Crippen molar-refractivity contribution in [2.45, 2.75) is 19.9 Å². The van der Waals surface area contributed by atoms with Gasteiger partial charge in [-0.05, 0) is 11.5 Å². The zero-order valence-electron chi connectivity index (χ0n) is 8.54. The highest BCUT2D eigenvalue weighted by atomic mass is 15.1. The number of nitrogens with two attached hydrogens (primary N) is 1. The molecule has 1 atom stereocenters. The third-order valence-corrected chi connectivity index (χ3v) is 2.63. The Labute approximate surface area is 84.1 Å². The normalized spacial score (nSPS) is 25.2. The fourth-order valence-corrected chi connectivity index (χ4v) is 1.86. The summed E-state index contributed by atoms with van der Waals surface area (Å²) in [5.74, 6) is 0.960. The van der Waals surface area contributed by atoms with Crippen molar-refractivity contribution >= 4 is 5.96 Å². The Morgan fingerprint density at radius 3 is 2.86 bits per heavy atom. The number of guanidine groups is 1. The Bertz CT molecular complexity index is 372. The van der Waals surface area contributed by atoms with Gasteiger partial charge < -0.3 is 11.1 Å². The smallest absolute Gasteiger partial charge is 0.194 e. The minimum atomic E-state index is 0.101. The van der Waals surface area contributed by atoms with E-state index in [0.29, 0.717) is 11.9 Å². The van der Waals surface area contributed by atoms with Crippen LogP contribution in [0.2, 0.25) is 0 Å². The monoisotopic (exact) mass is 189 g/mol. The third-order valence-electron chi connectivity index (χ3n) is 2.63. The molecule has 3 nitrogen and oxygen atoms in total. The zero-order valence-corrected chi connectivity index (χ0v) is 8.54. The van der Waals surface area contributed by atoms with Crippen LogP contribution in [0.15, 0.2) is 40.6 Å². The highest BCUT2D eigenvalue weighted by Crippen LogP contribution is 2.32. The van der Waals surface area contributed by atoms with E-state index in [1.807, 2.05) is 0 Å². The van der Waals surface area contributed by atoms with Gasteiger partial charge in [0.05, 0.1) is 0 Å². The van der Waals surface area contributed by atoms with Crippen LogP contribution in [0.5, 0.6) is 0 Å². The summed E-state index contributed by atoms with van der Waals surface area (Å²) in [6.45, 7) is 8.26. The summed E-state index contributed by atoms with van der Waals surface area (Å²) in [6, 6.07) is 0.101. The number of allylic oxidation sites excluding steroid dienone is 2. The lowest BCUT2D eigenvalue weighted by molar-refractivity contribution is 0.688. The maximum absolute atomic E-state index is 5.67. The average Bonchev–Trinajstić information content (AvgIpc) is 2.47. The lowest BCUT2D eigenvalue weighted by atomic mass is 9.94. The van der Waals surface area contributed by atoms with Crippen molar-refractivity contribution in [1.29, 1.82) is 0 Å². The van der Waals surface area contributed by atoms with Crippen LogP contribution in [-0.4, -0.2) is 12.0 Å². The van der Waals surface area contributed by atoms with Crippen LogP contribution < -0.4 is 11.1 Å². The molecule has 0 radical (unpaired) electrons. The van der Waals surface area contributed by atoms with Crippen molar-refractivity contribution in [2.24, 2.45) is 16.6 Å². The number of hydrogen-bond acceptors (Lipinski definition) is 3. The molecule has 1 aliphatic heterocycles. The molecule has 0 amide bonds. The molecule has 0 saturated heterocycles. The molecule has 3 N–H and O–H groups in total. The van der Waals surface area contributed by atoms with E-state index in [2.05, 4.69) is 42.9 Å². The van der Waals surface area contributed by atoms with Gasteiger partial charge in [-0.2, -0.15) is 0 Å². The summed E-state index contributed by atoms with van der Waals surface area (Å²) in [5.41, 5.74) is 8.99. The largest absolute Gasteiger partial charge is 0.370 e. The first-order chi connectivity index (χ1) is 6.59. The molecular formula is C11H15N3. The second-order valence-corrected chi connectivity index (χ2v) is 3.96. The molecule has 0 aromatic rings. The van der Waals surface area contributed by atoms with Gasteiger partial charge in [0, 0.05) is 11.3 Å². The van der Waals surface area contributed by atoms with E-state index in [1.54, 1.807) is 0 Å². The lowest BCUT2D eigenvalue weighted by Gasteiger charge is -2.25. The van der Waals surface area contributed by atoms with Crippen molar-refractivity contribution < 1.29 is 0 Å². The molecule has 0 spiro atoms. The second-order valence-electron chi connectivity index (χ2n) is 3.96. The standard InChI is InChI=1S/C11H15N3/c1-6(2)8-4-5-9-7(3)13-11(12)14-10(8)9/h4-6,10H,3H2,1-2H3,(H3,12,13,14). The highest BCUT2D eigenvalue weighted by Gasteiger charge is 2.29. The molecule has 74 valence electrons. The Kier molecular flexibility index (Phi) is 1.95. The van der Waals surface area contributed by atoms with Gasteiger partial charge >= 0.3 is 0 Å². The van der Waals surface area contributed by atoms with Gasteiger partial charge in [-0.3, -0.25) is 0 Å². The third kappa shape index (κ3) is 1.25. The van der Waals surface area contributed by atoms with Crippen LogP contribution in [-0.2, 0) is 0 Å². The molecule has 2 aliphatic rings. The van der Waals surface area contributed by atoms with Gasteiger partial charge in [-0.15, -0.1) is 0 Å². The van der Waals surface area contributed by atoms with E-state index in [4.69, 9.17) is 5.73 Å². The van der Waals surface area contributed by atoms with E-state index in [0.717, 1.165) is 11.3 Å². The molecule has 0 bridgehead atoms. The number of rotatable bonds is 1. The molecule has 0 fully saturated rings. The molecular weight excluding hydrogens is 174 g/mol. The first-order valence-corrected chi connectivity index (χ1v) is 4.81. The average molecular weight is 189 g/mol. The SMILES string of the molecule is C=C1NC(N)=NC2C1=CC=C2C(C)C. The minimum Gasteiger partial charge on any atom is -0.370 e. The van der Waals surface area contributed by atoms with Crippen molar-refractivity contribution in [2.75, 3.05) is 0 Å². The summed E-state index contributed by atoms with van der Waals surface area (Å²) < 4.78 is 0. The highest BCUT2D eigenvalue weighted by molar-refractivity contribution is 5.84. The Morgan fingerprint density at radius 2 is 2.21 bits per heavy atom. The molecule has 0 aromatic carbocycles. The summed E-state index contributed by atoms with van der Waals surface area (Å²) >= 11 is 0. The number of fused-ring (bicyclic) bond motifs is 1. The topological polar surface area (TPSA) is 50.4 Å². The molecule has 1 heterocycles. The number of nitrogens with zero attached hydrogens (tertiary/aromatic N) is 1. The zero-order chi connectivity index (χ0) is 10.3. The lowest BCUT2D eigenvalue weighted by Crippen LogP contribution is -2.38. The predicted molar refractivity (Wildman–Crippen MR) is 58.7 cm³/mol. The molecule has 0 saturated carbocycles. The van der Waals surface area contributed by atoms with Crippen molar-refractivity contribution in [3.63, 3.8) is 0 Å². The Hall–Kier alpha value is -1.51. The van der Waals surface area contributed by atoms with E-state index >= 15 is 0 Å². The maximum Gasteiger partial charge on any atom is 0.194 e. The van der Waals surface area contributed by atoms with Gasteiger partial charge in [-0.25, -0.2) is 4.99 Å². The first-order valence-electron chi connectivity index (χ1n) is 4.81. The number of aliphatic imine (C=N–C) groups is 1. The van der Waals surface area contributed by atoms with Crippen LogP contribution in [0.3, 0.4) is 0 Å². The molecule has 1 aliphatic carbocycles. The molecule has 0 aromatic heterocycles. The van der Waals surface area contributed by atoms with Gasteiger partial charge in [0.25, 0.3) is 0 Å². The van der Waals surface area contributed by atoms with Crippen molar-refractivity contribution in [3.05, 3.63) is 35.6 Å². The van der Waals surface area contributed by atoms with E-state index < -0.39 is 0 Å². The molecule has 14 heavy (non-hydrogen) atoms. The molecule has 3 heteroatoms. The number of nitrogens with one attached hydrogen (secondary N) is 1. The van der Waals surface area contributed by atoms with E-state index in [-0.39, 0.29) is 6.04 Å². The van der Waals surface area contributed by atoms with Crippen molar-refractivity contribution in [3.8, 4) is 0 Å². The summed E-state index contributed by atoms with van der Waals surface area (Å²) in [5, 5.41) is 2.94. The van der Waals surface area contributed by atoms with Crippen LogP contribution in [0.4, 0.5) is 0 Å². The van der Waals surface area contributed by atoms with Gasteiger partial charge in [0.2, 0.25) is 0 Å². The molecule has 2 rings (SSSR count).